The molecule has 5 nitrogen and oxygen atoms in total. The molecule has 22 heavy (non-hydrogen) atoms. The van der Waals surface area contributed by atoms with Crippen LogP contribution >= 0.6 is 0 Å². The van der Waals surface area contributed by atoms with Crippen molar-refractivity contribution < 1.29 is 9.18 Å². The Morgan fingerprint density at radius 1 is 1.36 bits per heavy atom. The summed E-state index contributed by atoms with van der Waals surface area (Å²) in [5.74, 6) is 0.140. The number of hydrogen-bond donors (Lipinski definition) is 2. The monoisotopic (exact) mass is 302 g/mol. The highest BCUT2D eigenvalue weighted by Crippen LogP contribution is 2.37. The first-order valence-electron chi connectivity index (χ1n) is 7.43. The number of amides is 2. The second-order valence-corrected chi connectivity index (χ2v) is 5.72. The summed E-state index contributed by atoms with van der Waals surface area (Å²) < 4.78 is 14.7. The number of anilines is 1. The molecule has 0 aliphatic heterocycles. The molecule has 1 saturated carbocycles. The molecule has 0 saturated heterocycles. The minimum absolute atomic E-state index is 0.0916. The SMILES string of the molecule is Cn1cc(NC(=O)N[C@@H](c2ccc(F)cc2)C2CCC2)cn1. The summed E-state index contributed by atoms with van der Waals surface area (Å²) in [6.45, 7) is 0. The van der Waals surface area contributed by atoms with Crippen molar-refractivity contribution in [2.75, 3.05) is 5.32 Å². The van der Waals surface area contributed by atoms with Crippen molar-refractivity contribution in [1.82, 2.24) is 15.1 Å². The Morgan fingerprint density at radius 3 is 2.64 bits per heavy atom. The van der Waals surface area contributed by atoms with Gasteiger partial charge in [0.2, 0.25) is 0 Å². The Labute approximate surface area is 128 Å². The molecule has 3 rings (SSSR count). The molecule has 1 fully saturated rings. The molecular weight excluding hydrogens is 283 g/mol. The van der Waals surface area contributed by atoms with Gasteiger partial charge in [0.15, 0.2) is 0 Å². The van der Waals surface area contributed by atoms with E-state index in [1.807, 2.05) is 0 Å². The molecule has 0 bridgehead atoms. The van der Waals surface area contributed by atoms with Crippen molar-refractivity contribution >= 4 is 11.7 Å². The second kappa shape index (κ2) is 6.17. The van der Waals surface area contributed by atoms with Gasteiger partial charge in [-0.2, -0.15) is 5.10 Å². The zero-order valence-electron chi connectivity index (χ0n) is 12.4. The third kappa shape index (κ3) is 3.27. The van der Waals surface area contributed by atoms with Crippen LogP contribution in [0.25, 0.3) is 0 Å². The van der Waals surface area contributed by atoms with E-state index in [1.54, 1.807) is 36.3 Å². The molecule has 1 aliphatic carbocycles. The predicted molar refractivity (Wildman–Crippen MR) is 81.8 cm³/mol. The van der Waals surface area contributed by atoms with Gasteiger partial charge in [0.25, 0.3) is 0 Å². The first-order chi connectivity index (χ1) is 10.6. The first-order valence-corrected chi connectivity index (χ1v) is 7.43. The number of aromatic nitrogens is 2. The number of urea groups is 1. The fourth-order valence-corrected chi connectivity index (χ4v) is 2.71. The molecule has 1 aromatic heterocycles. The van der Waals surface area contributed by atoms with Gasteiger partial charge in [-0.15, -0.1) is 0 Å². The Balaban J connectivity index is 1.69. The van der Waals surface area contributed by atoms with Crippen LogP contribution in [0.15, 0.2) is 36.7 Å². The molecule has 2 N–H and O–H groups in total. The van der Waals surface area contributed by atoms with Crippen LogP contribution in [0.3, 0.4) is 0 Å². The molecule has 0 radical (unpaired) electrons. The summed E-state index contributed by atoms with van der Waals surface area (Å²) in [5.41, 5.74) is 1.58. The van der Waals surface area contributed by atoms with Crippen LogP contribution in [-0.4, -0.2) is 15.8 Å². The van der Waals surface area contributed by atoms with Gasteiger partial charge in [0.05, 0.1) is 17.9 Å². The molecule has 2 aromatic rings. The first kappa shape index (κ1) is 14.6. The Bertz CT molecular complexity index is 648. The van der Waals surface area contributed by atoms with Crippen LogP contribution < -0.4 is 10.6 Å². The summed E-state index contributed by atoms with van der Waals surface area (Å²) in [7, 11) is 1.79. The second-order valence-electron chi connectivity index (χ2n) is 5.72. The number of carbonyl (C=O) groups is 1. The number of nitrogens with zero attached hydrogens (tertiary/aromatic N) is 2. The van der Waals surface area contributed by atoms with Crippen molar-refractivity contribution in [1.29, 1.82) is 0 Å². The standard InChI is InChI=1S/C16H19FN4O/c1-21-10-14(9-18-21)19-16(22)20-15(11-3-2-4-11)12-5-7-13(17)8-6-12/h5-11,15H,2-4H2,1H3,(H2,19,20,22)/t15-/m1/s1. The zero-order valence-corrected chi connectivity index (χ0v) is 12.4. The summed E-state index contributed by atoms with van der Waals surface area (Å²) >= 11 is 0. The van der Waals surface area contributed by atoms with Crippen LogP contribution in [-0.2, 0) is 7.05 Å². The maximum atomic E-state index is 13.1. The van der Waals surface area contributed by atoms with E-state index in [2.05, 4.69) is 15.7 Å². The van der Waals surface area contributed by atoms with Crippen LogP contribution in [0.4, 0.5) is 14.9 Å². The highest BCUT2D eigenvalue weighted by molar-refractivity contribution is 5.89. The lowest BCUT2D eigenvalue weighted by Crippen LogP contribution is -2.38. The van der Waals surface area contributed by atoms with E-state index < -0.39 is 0 Å². The molecular formula is C16H19FN4O. The molecule has 1 aliphatic rings. The summed E-state index contributed by atoms with van der Waals surface area (Å²) in [6, 6.07) is 5.98. The van der Waals surface area contributed by atoms with Gasteiger partial charge in [0, 0.05) is 13.2 Å². The van der Waals surface area contributed by atoms with E-state index in [0.29, 0.717) is 11.6 Å². The molecule has 116 valence electrons. The number of nitrogens with one attached hydrogen (secondary N) is 2. The predicted octanol–water partition coefficient (Wildman–Crippen LogP) is 3.22. The van der Waals surface area contributed by atoms with Crippen LogP contribution in [0.2, 0.25) is 0 Å². The highest BCUT2D eigenvalue weighted by Gasteiger charge is 2.29. The number of aryl methyl sites for hydroxylation is 1. The molecule has 1 aromatic carbocycles. The fourth-order valence-electron chi connectivity index (χ4n) is 2.71. The van der Waals surface area contributed by atoms with Gasteiger partial charge < -0.3 is 10.6 Å². The van der Waals surface area contributed by atoms with Gasteiger partial charge in [-0.05, 0) is 36.5 Å². The Morgan fingerprint density at radius 2 is 2.09 bits per heavy atom. The van der Waals surface area contributed by atoms with Gasteiger partial charge >= 0.3 is 6.03 Å². The third-order valence-electron chi connectivity index (χ3n) is 4.10. The number of carbonyl (C=O) groups excluding carboxylic acids is 1. The number of halogens is 1. The molecule has 6 heteroatoms. The van der Waals surface area contributed by atoms with Crippen LogP contribution in [0.1, 0.15) is 30.9 Å². The zero-order chi connectivity index (χ0) is 15.5. The minimum atomic E-state index is -0.269. The van der Waals surface area contributed by atoms with Crippen molar-refractivity contribution in [3.8, 4) is 0 Å². The third-order valence-corrected chi connectivity index (χ3v) is 4.10. The number of hydrogen-bond acceptors (Lipinski definition) is 2. The molecule has 1 heterocycles. The van der Waals surface area contributed by atoms with Crippen LogP contribution in [0.5, 0.6) is 0 Å². The average Bonchev–Trinajstić information content (AvgIpc) is 2.82. The molecule has 1 atom stereocenters. The van der Waals surface area contributed by atoms with Crippen LogP contribution in [0, 0.1) is 11.7 Å². The number of benzene rings is 1. The van der Waals surface area contributed by atoms with Gasteiger partial charge in [0.1, 0.15) is 5.82 Å². The van der Waals surface area contributed by atoms with Crippen molar-refractivity contribution in [2.24, 2.45) is 13.0 Å². The van der Waals surface area contributed by atoms with E-state index in [4.69, 9.17) is 0 Å². The van der Waals surface area contributed by atoms with Crippen molar-refractivity contribution in [3.05, 3.63) is 48.0 Å². The Hall–Kier alpha value is -2.37. The minimum Gasteiger partial charge on any atom is -0.331 e. The molecule has 2 amide bonds. The van der Waals surface area contributed by atoms with E-state index in [0.717, 1.165) is 18.4 Å². The summed E-state index contributed by atoms with van der Waals surface area (Å²) in [6.07, 6.45) is 6.66. The summed E-state index contributed by atoms with van der Waals surface area (Å²) in [4.78, 5) is 12.2. The normalized spacial score (nSPS) is 15.9. The largest absolute Gasteiger partial charge is 0.331 e. The van der Waals surface area contributed by atoms with E-state index in [1.165, 1.54) is 18.6 Å². The number of rotatable bonds is 4. The van der Waals surface area contributed by atoms with E-state index >= 15 is 0 Å². The highest BCUT2D eigenvalue weighted by atomic mass is 19.1. The van der Waals surface area contributed by atoms with Gasteiger partial charge in [-0.25, -0.2) is 9.18 Å². The smallest absolute Gasteiger partial charge is 0.319 e. The maximum absolute atomic E-state index is 13.1. The van der Waals surface area contributed by atoms with Crippen molar-refractivity contribution in [2.45, 2.75) is 25.3 Å². The molecule has 0 spiro atoms. The maximum Gasteiger partial charge on any atom is 0.319 e. The van der Waals surface area contributed by atoms with Gasteiger partial charge in [-0.1, -0.05) is 18.6 Å². The van der Waals surface area contributed by atoms with Gasteiger partial charge in [-0.3, -0.25) is 4.68 Å². The van der Waals surface area contributed by atoms with Crippen molar-refractivity contribution in [3.63, 3.8) is 0 Å². The average molecular weight is 302 g/mol. The molecule has 0 unspecified atom stereocenters. The fraction of sp³-hybridized carbons (Fsp3) is 0.375. The van der Waals surface area contributed by atoms with E-state index in [9.17, 15) is 9.18 Å². The lowest BCUT2D eigenvalue weighted by atomic mass is 9.77. The lowest BCUT2D eigenvalue weighted by molar-refractivity contribution is 0.216. The summed E-state index contributed by atoms with van der Waals surface area (Å²) in [5, 5.41) is 9.78. The lowest BCUT2D eigenvalue weighted by Gasteiger charge is -2.34. The topological polar surface area (TPSA) is 59.0 Å². The Kier molecular flexibility index (Phi) is 4.09. The quantitative estimate of drug-likeness (QED) is 0.911. The van der Waals surface area contributed by atoms with E-state index in [-0.39, 0.29) is 17.9 Å².